The van der Waals surface area contributed by atoms with Crippen LogP contribution in [-0.4, -0.2) is 36.8 Å². The van der Waals surface area contributed by atoms with Crippen molar-refractivity contribution in [3.05, 3.63) is 66.2 Å². The Labute approximate surface area is 158 Å². The van der Waals surface area contributed by atoms with Gasteiger partial charge in [0, 0.05) is 24.2 Å². The third-order valence-corrected chi connectivity index (χ3v) is 6.25. The third kappa shape index (κ3) is 4.12. The molecule has 8 heteroatoms. The standard InChI is InChI=1S/C19H21N3O4S/c1-14(17-9-2-3-10-18(17)23)20-21-19(24)15-7-6-8-16(13-15)27(25,26)22-11-4-5-12-22/h2-3,6-10,13,20,23H,1,4-5,11-12H2,(H,21,24). The number of carbonyl (C=O) groups is 1. The highest BCUT2D eigenvalue weighted by atomic mass is 32.2. The minimum atomic E-state index is -3.59. The molecule has 0 atom stereocenters. The van der Waals surface area contributed by atoms with Crippen LogP contribution in [0.15, 0.2) is 60.0 Å². The van der Waals surface area contributed by atoms with Crippen molar-refractivity contribution in [3.8, 4) is 5.75 Å². The predicted octanol–water partition coefficient (Wildman–Crippen LogP) is 2.08. The van der Waals surface area contributed by atoms with E-state index in [2.05, 4.69) is 17.4 Å². The number of benzene rings is 2. The molecule has 0 radical (unpaired) electrons. The van der Waals surface area contributed by atoms with Crippen LogP contribution < -0.4 is 10.9 Å². The van der Waals surface area contributed by atoms with Gasteiger partial charge >= 0.3 is 0 Å². The quantitative estimate of drug-likeness (QED) is 0.659. The number of aromatic hydroxyl groups is 1. The van der Waals surface area contributed by atoms with Crippen molar-refractivity contribution in [2.24, 2.45) is 0 Å². The largest absolute Gasteiger partial charge is 0.507 e. The number of amides is 1. The lowest BCUT2D eigenvalue weighted by molar-refractivity contribution is 0.0942. The van der Waals surface area contributed by atoms with Crippen LogP contribution in [0.2, 0.25) is 0 Å². The number of nitrogens with one attached hydrogen (secondary N) is 2. The van der Waals surface area contributed by atoms with Crippen molar-refractivity contribution in [1.29, 1.82) is 0 Å². The summed E-state index contributed by atoms with van der Waals surface area (Å²) in [7, 11) is -3.59. The topological polar surface area (TPSA) is 98.7 Å². The van der Waals surface area contributed by atoms with Gasteiger partial charge in [-0.1, -0.05) is 24.8 Å². The average molecular weight is 387 g/mol. The van der Waals surface area contributed by atoms with E-state index in [1.807, 2.05) is 0 Å². The summed E-state index contributed by atoms with van der Waals surface area (Å²) in [6.07, 6.45) is 1.69. The highest BCUT2D eigenvalue weighted by molar-refractivity contribution is 7.89. The molecule has 1 saturated heterocycles. The number of phenols is 1. The second-order valence-corrected chi connectivity index (χ2v) is 8.15. The van der Waals surface area contributed by atoms with Crippen LogP contribution in [0.1, 0.15) is 28.8 Å². The molecule has 1 aliphatic heterocycles. The van der Waals surface area contributed by atoms with Crippen LogP contribution in [-0.2, 0) is 10.0 Å². The normalized spacial score (nSPS) is 14.7. The lowest BCUT2D eigenvalue weighted by Gasteiger charge is -2.16. The van der Waals surface area contributed by atoms with Gasteiger partial charge in [-0.2, -0.15) is 4.31 Å². The van der Waals surface area contributed by atoms with Crippen molar-refractivity contribution in [3.63, 3.8) is 0 Å². The number of hydrogen-bond acceptors (Lipinski definition) is 5. The van der Waals surface area contributed by atoms with Crippen molar-refractivity contribution >= 4 is 21.6 Å². The Balaban J connectivity index is 1.70. The molecule has 27 heavy (non-hydrogen) atoms. The Morgan fingerprint density at radius 3 is 2.44 bits per heavy atom. The summed E-state index contributed by atoms with van der Waals surface area (Å²) in [6, 6.07) is 12.5. The van der Waals surface area contributed by atoms with Gasteiger partial charge in [-0.05, 0) is 43.2 Å². The number of rotatable bonds is 6. The molecule has 0 aliphatic carbocycles. The number of hydrogen-bond donors (Lipinski definition) is 3. The lowest BCUT2D eigenvalue weighted by atomic mass is 10.1. The van der Waals surface area contributed by atoms with Crippen LogP contribution in [0.3, 0.4) is 0 Å². The fourth-order valence-corrected chi connectivity index (χ4v) is 4.44. The Kier molecular flexibility index (Phi) is 5.48. The Bertz CT molecular complexity index is 966. The number of sulfonamides is 1. The Morgan fingerprint density at radius 2 is 1.74 bits per heavy atom. The maximum atomic E-state index is 12.6. The highest BCUT2D eigenvalue weighted by Crippen LogP contribution is 2.22. The van der Waals surface area contributed by atoms with E-state index >= 15 is 0 Å². The average Bonchev–Trinajstić information content (AvgIpc) is 3.22. The van der Waals surface area contributed by atoms with Gasteiger partial charge in [-0.3, -0.25) is 15.6 Å². The number of para-hydroxylation sites is 1. The van der Waals surface area contributed by atoms with Gasteiger partial charge in [0.2, 0.25) is 10.0 Å². The Morgan fingerprint density at radius 1 is 1.04 bits per heavy atom. The van der Waals surface area contributed by atoms with Crippen molar-refractivity contribution in [2.45, 2.75) is 17.7 Å². The number of hydrazine groups is 1. The monoisotopic (exact) mass is 387 g/mol. The molecule has 1 fully saturated rings. The van der Waals surface area contributed by atoms with E-state index in [1.165, 1.54) is 34.6 Å². The maximum Gasteiger partial charge on any atom is 0.269 e. The number of carbonyl (C=O) groups excluding carboxylic acids is 1. The first-order valence-electron chi connectivity index (χ1n) is 8.53. The van der Waals surface area contributed by atoms with Crippen LogP contribution in [0.5, 0.6) is 5.75 Å². The summed E-state index contributed by atoms with van der Waals surface area (Å²) in [5, 5.41) is 9.81. The van der Waals surface area contributed by atoms with Gasteiger partial charge in [-0.25, -0.2) is 8.42 Å². The van der Waals surface area contributed by atoms with E-state index in [1.54, 1.807) is 18.2 Å². The van der Waals surface area contributed by atoms with E-state index in [0.29, 0.717) is 24.4 Å². The smallest absolute Gasteiger partial charge is 0.269 e. The van der Waals surface area contributed by atoms with E-state index in [-0.39, 0.29) is 16.2 Å². The van der Waals surface area contributed by atoms with Crippen molar-refractivity contribution < 1.29 is 18.3 Å². The molecule has 0 saturated carbocycles. The summed E-state index contributed by atoms with van der Waals surface area (Å²) in [4.78, 5) is 12.5. The minimum absolute atomic E-state index is 0.0305. The summed E-state index contributed by atoms with van der Waals surface area (Å²) in [5.74, 6) is -0.479. The first kappa shape index (κ1) is 18.9. The van der Waals surface area contributed by atoms with Crippen molar-refractivity contribution in [2.75, 3.05) is 13.1 Å². The van der Waals surface area contributed by atoms with E-state index in [4.69, 9.17) is 0 Å². The molecule has 0 spiro atoms. The van der Waals surface area contributed by atoms with E-state index < -0.39 is 15.9 Å². The molecule has 2 aromatic rings. The number of nitrogens with zero attached hydrogens (tertiary/aromatic N) is 1. The lowest BCUT2D eigenvalue weighted by Crippen LogP contribution is -2.36. The minimum Gasteiger partial charge on any atom is -0.507 e. The molecule has 1 aliphatic rings. The van der Waals surface area contributed by atoms with Crippen LogP contribution >= 0.6 is 0 Å². The second-order valence-electron chi connectivity index (χ2n) is 6.21. The molecular formula is C19H21N3O4S. The van der Waals surface area contributed by atoms with Gasteiger partial charge in [-0.15, -0.1) is 0 Å². The molecule has 7 nitrogen and oxygen atoms in total. The molecule has 142 valence electrons. The molecule has 3 N–H and O–H groups in total. The third-order valence-electron chi connectivity index (χ3n) is 4.36. The van der Waals surface area contributed by atoms with Gasteiger partial charge in [0.15, 0.2) is 0 Å². The fraction of sp³-hybridized carbons (Fsp3) is 0.211. The van der Waals surface area contributed by atoms with Gasteiger partial charge in [0.05, 0.1) is 10.6 Å². The summed E-state index contributed by atoms with van der Waals surface area (Å²) < 4.78 is 26.7. The first-order valence-corrected chi connectivity index (χ1v) is 9.97. The first-order chi connectivity index (χ1) is 12.9. The zero-order valence-electron chi connectivity index (χ0n) is 14.7. The molecule has 0 unspecified atom stereocenters. The van der Waals surface area contributed by atoms with E-state index in [0.717, 1.165) is 12.8 Å². The van der Waals surface area contributed by atoms with Crippen molar-refractivity contribution in [1.82, 2.24) is 15.2 Å². The molecule has 1 amide bonds. The van der Waals surface area contributed by atoms with Crippen LogP contribution in [0, 0.1) is 0 Å². The van der Waals surface area contributed by atoms with Gasteiger partial charge in [0.25, 0.3) is 5.91 Å². The molecule has 2 aromatic carbocycles. The van der Waals surface area contributed by atoms with Gasteiger partial charge < -0.3 is 5.11 Å². The van der Waals surface area contributed by atoms with Crippen LogP contribution in [0.25, 0.3) is 5.70 Å². The summed E-state index contributed by atoms with van der Waals surface area (Å²) in [5.41, 5.74) is 6.06. The molecule has 0 aromatic heterocycles. The van der Waals surface area contributed by atoms with E-state index in [9.17, 15) is 18.3 Å². The Hall–Kier alpha value is -2.84. The fourth-order valence-electron chi connectivity index (χ4n) is 2.88. The maximum absolute atomic E-state index is 12.6. The molecule has 0 bridgehead atoms. The van der Waals surface area contributed by atoms with Crippen LogP contribution in [0.4, 0.5) is 0 Å². The molecule has 1 heterocycles. The molecular weight excluding hydrogens is 366 g/mol. The SMILES string of the molecule is C=C(NNC(=O)c1cccc(S(=O)(=O)N2CCCC2)c1)c1ccccc1O. The predicted molar refractivity (Wildman–Crippen MR) is 102 cm³/mol. The summed E-state index contributed by atoms with van der Waals surface area (Å²) in [6.45, 7) is 4.77. The van der Waals surface area contributed by atoms with Gasteiger partial charge in [0.1, 0.15) is 5.75 Å². The highest BCUT2D eigenvalue weighted by Gasteiger charge is 2.27. The zero-order valence-corrected chi connectivity index (χ0v) is 15.5. The second kappa shape index (κ2) is 7.81. The molecule has 3 rings (SSSR count). The number of phenolic OH excluding ortho intramolecular Hbond substituents is 1. The zero-order chi connectivity index (χ0) is 19.4. The summed E-state index contributed by atoms with van der Waals surface area (Å²) >= 11 is 0.